The van der Waals surface area contributed by atoms with Crippen LogP contribution in [0.1, 0.15) is 5.56 Å². The Kier molecular flexibility index (Phi) is 4.42. The van der Waals surface area contributed by atoms with Crippen molar-refractivity contribution in [2.75, 3.05) is 0 Å². The summed E-state index contributed by atoms with van der Waals surface area (Å²) in [6, 6.07) is 15.0. The lowest BCUT2D eigenvalue weighted by Gasteiger charge is -1.99. The van der Waals surface area contributed by atoms with Gasteiger partial charge < -0.3 is 21.7 Å². The molecule has 0 aliphatic rings. The smallest absolute Gasteiger partial charge is 0.258 e. The van der Waals surface area contributed by atoms with Crippen molar-refractivity contribution in [3.8, 4) is 22.8 Å². The van der Waals surface area contributed by atoms with E-state index in [2.05, 4.69) is 20.1 Å². The van der Waals surface area contributed by atoms with E-state index in [9.17, 15) is 0 Å². The molecular weight excluding hydrogens is 318 g/mol. The normalized spacial score (nSPS) is 11.3. The van der Waals surface area contributed by atoms with Crippen LogP contribution in [0.25, 0.3) is 22.8 Å². The molecular formula is C17H17N7O. The number of aliphatic imine (C=N–C) groups is 2. The van der Waals surface area contributed by atoms with Crippen molar-refractivity contribution in [3.63, 3.8) is 0 Å². The molecule has 0 atom stereocenters. The monoisotopic (exact) mass is 335 g/mol. The summed E-state index contributed by atoms with van der Waals surface area (Å²) in [5.74, 6) is 0.721. The largest absolute Gasteiger partial charge is 0.370 e. The zero-order chi connectivity index (χ0) is 17.8. The van der Waals surface area contributed by atoms with Gasteiger partial charge in [-0.05, 0) is 30.7 Å². The molecule has 0 saturated carbocycles. The van der Waals surface area contributed by atoms with Crippen LogP contribution in [-0.4, -0.2) is 22.1 Å². The maximum Gasteiger partial charge on any atom is 0.258 e. The molecule has 0 amide bonds. The molecule has 6 N–H and O–H groups in total. The van der Waals surface area contributed by atoms with E-state index in [1.165, 1.54) is 0 Å². The molecule has 0 aliphatic carbocycles. The first-order valence-electron chi connectivity index (χ1n) is 7.47. The topological polar surface area (TPSA) is 142 Å². The quantitative estimate of drug-likeness (QED) is 0.493. The molecule has 25 heavy (non-hydrogen) atoms. The number of rotatable bonds is 3. The van der Waals surface area contributed by atoms with Gasteiger partial charge in [-0.3, -0.25) is 0 Å². The molecule has 8 heteroatoms. The van der Waals surface area contributed by atoms with Crippen LogP contribution in [-0.2, 0) is 0 Å². The molecule has 3 aromatic rings. The molecule has 0 saturated heterocycles. The van der Waals surface area contributed by atoms with Crippen molar-refractivity contribution in [2.24, 2.45) is 27.2 Å². The van der Waals surface area contributed by atoms with E-state index in [1.54, 1.807) is 18.2 Å². The first kappa shape index (κ1) is 16.2. The molecule has 1 heterocycles. The molecule has 0 fully saturated rings. The minimum atomic E-state index is -0.155. The maximum absolute atomic E-state index is 5.64. The average Bonchev–Trinajstić information content (AvgIpc) is 3.04. The lowest BCUT2D eigenvalue weighted by atomic mass is 10.1. The highest BCUT2D eigenvalue weighted by molar-refractivity contribution is 5.93. The summed E-state index contributed by atoms with van der Waals surface area (Å²) < 4.78 is 5.38. The number of hydrogen-bond donors (Lipinski definition) is 3. The summed E-state index contributed by atoms with van der Waals surface area (Å²) in [4.78, 5) is 12.3. The molecule has 0 aliphatic heterocycles. The van der Waals surface area contributed by atoms with Gasteiger partial charge in [-0.25, -0.2) is 4.99 Å². The lowest BCUT2D eigenvalue weighted by Crippen LogP contribution is -2.26. The van der Waals surface area contributed by atoms with Gasteiger partial charge in [0.1, 0.15) is 0 Å². The Labute approximate surface area is 144 Å². The third-order valence-corrected chi connectivity index (χ3v) is 3.39. The number of guanidine groups is 2. The summed E-state index contributed by atoms with van der Waals surface area (Å²) in [7, 11) is 0. The fourth-order valence-corrected chi connectivity index (χ4v) is 2.27. The minimum Gasteiger partial charge on any atom is -0.370 e. The highest BCUT2D eigenvalue weighted by Gasteiger charge is 2.12. The first-order chi connectivity index (χ1) is 12.0. The summed E-state index contributed by atoms with van der Waals surface area (Å²) in [5, 5.41) is 4.05. The lowest BCUT2D eigenvalue weighted by molar-refractivity contribution is 0.432. The van der Waals surface area contributed by atoms with Gasteiger partial charge in [0, 0.05) is 11.1 Å². The van der Waals surface area contributed by atoms with Crippen LogP contribution in [0.4, 0.5) is 5.69 Å². The van der Waals surface area contributed by atoms with Crippen molar-refractivity contribution < 1.29 is 4.52 Å². The van der Waals surface area contributed by atoms with Crippen molar-refractivity contribution in [1.82, 2.24) is 10.1 Å². The number of benzene rings is 2. The molecule has 2 aromatic carbocycles. The molecule has 0 unspecified atom stereocenters. The Morgan fingerprint density at radius 1 is 1.04 bits per heavy atom. The standard InChI is InChI=1S/C17H17N7O/c1-10-5-2-3-8-13(10)14-22-15(25-24-14)11-6-4-7-12(9-11)21-17(20)23-16(18)19/h2-9H,1H3,(H6,18,19,20,21,23). The number of aryl methyl sites for hydroxylation is 1. The molecule has 1 aromatic heterocycles. The van der Waals surface area contributed by atoms with Gasteiger partial charge in [-0.1, -0.05) is 35.5 Å². The minimum absolute atomic E-state index is 0.0386. The maximum atomic E-state index is 5.64. The fraction of sp³-hybridized carbons (Fsp3) is 0.0588. The summed E-state index contributed by atoms with van der Waals surface area (Å²) in [6.45, 7) is 1.99. The number of nitrogens with two attached hydrogens (primary N) is 3. The number of hydrogen-bond acceptors (Lipinski definition) is 4. The Balaban J connectivity index is 1.92. The fourth-order valence-electron chi connectivity index (χ4n) is 2.27. The molecule has 0 spiro atoms. The van der Waals surface area contributed by atoms with Crippen LogP contribution in [0.5, 0.6) is 0 Å². The van der Waals surface area contributed by atoms with Crippen LogP contribution < -0.4 is 17.2 Å². The molecule has 8 nitrogen and oxygen atoms in total. The van der Waals surface area contributed by atoms with E-state index in [4.69, 9.17) is 21.7 Å². The van der Waals surface area contributed by atoms with E-state index < -0.39 is 0 Å². The van der Waals surface area contributed by atoms with E-state index in [1.807, 2.05) is 37.3 Å². The van der Waals surface area contributed by atoms with Crippen molar-refractivity contribution in [3.05, 3.63) is 54.1 Å². The number of aromatic nitrogens is 2. The molecule has 0 radical (unpaired) electrons. The highest BCUT2D eigenvalue weighted by Crippen LogP contribution is 2.26. The van der Waals surface area contributed by atoms with Crippen molar-refractivity contribution >= 4 is 17.6 Å². The highest BCUT2D eigenvalue weighted by atomic mass is 16.5. The molecule has 126 valence electrons. The Hall–Kier alpha value is -3.68. The van der Waals surface area contributed by atoms with Gasteiger partial charge >= 0.3 is 0 Å². The number of nitrogens with zero attached hydrogens (tertiary/aromatic N) is 4. The predicted molar refractivity (Wildman–Crippen MR) is 97.0 cm³/mol. The Bertz CT molecular complexity index is 955. The van der Waals surface area contributed by atoms with Crippen LogP contribution >= 0.6 is 0 Å². The van der Waals surface area contributed by atoms with Crippen molar-refractivity contribution in [2.45, 2.75) is 6.92 Å². The van der Waals surface area contributed by atoms with E-state index >= 15 is 0 Å². The first-order valence-corrected chi connectivity index (χ1v) is 7.47. The Morgan fingerprint density at radius 3 is 2.60 bits per heavy atom. The summed E-state index contributed by atoms with van der Waals surface area (Å²) >= 11 is 0. The average molecular weight is 335 g/mol. The van der Waals surface area contributed by atoms with Gasteiger partial charge in [0.05, 0.1) is 5.69 Å². The van der Waals surface area contributed by atoms with Gasteiger partial charge in [-0.15, -0.1) is 0 Å². The van der Waals surface area contributed by atoms with Gasteiger partial charge in [0.2, 0.25) is 11.8 Å². The van der Waals surface area contributed by atoms with Gasteiger partial charge in [0.15, 0.2) is 5.96 Å². The molecule has 3 rings (SSSR count). The van der Waals surface area contributed by atoms with Crippen LogP contribution in [0.15, 0.2) is 63.0 Å². The summed E-state index contributed by atoms with van der Waals surface area (Å²) in [6.07, 6.45) is 0. The van der Waals surface area contributed by atoms with Crippen molar-refractivity contribution in [1.29, 1.82) is 0 Å². The van der Waals surface area contributed by atoms with E-state index in [-0.39, 0.29) is 11.9 Å². The Morgan fingerprint density at radius 2 is 1.84 bits per heavy atom. The van der Waals surface area contributed by atoms with Gasteiger partial charge in [-0.2, -0.15) is 9.98 Å². The zero-order valence-corrected chi connectivity index (χ0v) is 13.5. The third kappa shape index (κ3) is 3.81. The predicted octanol–water partition coefficient (Wildman–Crippen LogP) is 1.93. The zero-order valence-electron chi connectivity index (χ0n) is 13.5. The van der Waals surface area contributed by atoms with Crippen LogP contribution in [0, 0.1) is 6.92 Å². The van der Waals surface area contributed by atoms with Crippen LogP contribution in [0.2, 0.25) is 0 Å². The van der Waals surface area contributed by atoms with E-state index in [0.717, 1.165) is 11.1 Å². The van der Waals surface area contributed by atoms with Crippen LogP contribution in [0.3, 0.4) is 0 Å². The van der Waals surface area contributed by atoms with Gasteiger partial charge in [0.25, 0.3) is 5.89 Å². The second-order valence-corrected chi connectivity index (χ2v) is 5.30. The molecule has 0 bridgehead atoms. The summed E-state index contributed by atoms with van der Waals surface area (Å²) in [5.41, 5.74) is 19.5. The SMILES string of the molecule is Cc1ccccc1-c1noc(-c2cccc(N=C(N)N=C(N)N)c2)n1. The third-order valence-electron chi connectivity index (χ3n) is 3.39. The second kappa shape index (κ2) is 6.83. The van der Waals surface area contributed by atoms with E-state index in [0.29, 0.717) is 23.0 Å². The second-order valence-electron chi connectivity index (χ2n) is 5.30.